The van der Waals surface area contributed by atoms with E-state index in [0.29, 0.717) is 62.8 Å². The highest BCUT2D eigenvalue weighted by atomic mass is 32.2. The highest BCUT2D eigenvalue weighted by Crippen LogP contribution is 2.41. The first-order valence-electron chi connectivity index (χ1n) is 11.4. The van der Waals surface area contributed by atoms with E-state index >= 15 is 0 Å². The zero-order valence-corrected chi connectivity index (χ0v) is 22.4. The van der Waals surface area contributed by atoms with Crippen molar-refractivity contribution in [1.82, 2.24) is 14.5 Å². The maximum atomic E-state index is 13.4. The number of fused-ring (bicyclic) bond motifs is 1. The van der Waals surface area contributed by atoms with E-state index in [4.69, 9.17) is 28.6 Å². The molecule has 10 heteroatoms. The van der Waals surface area contributed by atoms with E-state index in [1.807, 2.05) is 48.7 Å². The van der Waals surface area contributed by atoms with Crippen LogP contribution in [0.5, 0.6) is 17.2 Å². The van der Waals surface area contributed by atoms with E-state index < -0.39 is 0 Å². The molecule has 190 valence electrons. The Morgan fingerprint density at radius 1 is 1.00 bits per heavy atom. The molecular formula is C27H25N3O5S2. The predicted octanol–water partition coefficient (Wildman–Crippen LogP) is 5.79. The summed E-state index contributed by atoms with van der Waals surface area (Å²) in [5.41, 5.74) is 2.08. The second-order valence-corrected chi connectivity index (χ2v) is 10.1. The Morgan fingerprint density at radius 3 is 2.43 bits per heavy atom. The number of aryl methyl sites for hydroxylation is 1. The molecule has 8 nitrogen and oxygen atoms in total. The van der Waals surface area contributed by atoms with Crippen LogP contribution in [0.2, 0.25) is 0 Å². The van der Waals surface area contributed by atoms with Crippen LogP contribution in [0.4, 0.5) is 0 Å². The summed E-state index contributed by atoms with van der Waals surface area (Å²) in [6.45, 7) is 2.34. The molecule has 0 amide bonds. The highest BCUT2D eigenvalue weighted by Gasteiger charge is 2.19. The lowest BCUT2D eigenvalue weighted by Gasteiger charge is -2.13. The van der Waals surface area contributed by atoms with Gasteiger partial charge in [0.05, 0.1) is 44.5 Å². The minimum absolute atomic E-state index is 0.0588. The summed E-state index contributed by atoms with van der Waals surface area (Å²) < 4.78 is 24.1. The molecule has 3 aromatic heterocycles. The average Bonchev–Trinajstić information content (AvgIpc) is 3.57. The fraction of sp³-hybridized carbons (Fsp3) is 0.222. The van der Waals surface area contributed by atoms with Crippen LogP contribution >= 0.6 is 23.1 Å². The Bertz CT molecular complexity index is 1580. The van der Waals surface area contributed by atoms with Crippen molar-refractivity contribution in [3.05, 3.63) is 80.6 Å². The van der Waals surface area contributed by atoms with Gasteiger partial charge in [0, 0.05) is 16.2 Å². The molecule has 0 atom stereocenters. The van der Waals surface area contributed by atoms with Crippen molar-refractivity contribution in [3.8, 4) is 28.7 Å². The van der Waals surface area contributed by atoms with E-state index in [9.17, 15) is 4.79 Å². The molecule has 5 aromatic rings. The van der Waals surface area contributed by atoms with Crippen molar-refractivity contribution in [2.45, 2.75) is 24.4 Å². The molecule has 0 aliphatic heterocycles. The van der Waals surface area contributed by atoms with Crippen LogP contribution in [0.15, 0.2) is 68.3 Å². The summed E-state index contributed by atoms with van der Waals surface area (Å²) in [4.78, 5) is 24.0. The van der Waals surface area contributed by atoms with E-state index in [1.54, 1.807) is 49.4 Å². The smallest absolute Gasteiger partial charge is 0.262 e. The Balaban J connectivity index is 1.47. The number of methoxy groups -OCH3 is 3. The standard InChI is InChI=1S/C27H25N3O5S2/c1-16-21(28-25(35-16)17-12-22(32-2)24(34-4)23(13-17)33-3)15-37-27-29-20-10-6-5-9-19(20)26(31)30(27)14-18-8-7-11-36-18/h5-13H,14-15H2,1-4H3. The number of oxazole rings is 1. The maximum absolute atomic E-state index is 13.4. The number of aromatic nitrogens is 3. The molecule has 0 N–H and O–H groups in total. The molecule has 3 heterocycles. The zero-order valence-electron chi connectivity index (χ0n) is 20.8. The summed E-state index contributed by atoms with van der Waals surface area (Å²) in [6, 6.07) is 15.0. The first-order chi connectivity index (χ1) is 18.0. The fourth-order valence-corrected chi connectivity index (χ4v) is 5.67. The molecule has 0 aliphatic carbocycles. The molecule has 37 heavy (non-hydrogen) atoms. The lowest BCUT2D eigenvalue weighted by molar-refractivity contribution is 0.324. The van der Waals surface area contributed by atoms with E-state index in [0.717, 1.165) is 10.6 Å². The van der Waals surface area contributed by atoms with Crippen LogP contribution < -0.4 is 19.8 Å². The van der Waals surface area contributed by atoms with Crippen LogP contribution in [0, 0.1) is 6.92 Å². The number of ether oxygens (including phenoxy) is 3. The largest absolute Gasteiger partial charge is 0.493 e. The van der Waals surface area contributed by atoms with Gasteiger partial charge in [-0.15, -0.1) is 11.3 Å². The monoisotopic (exact) mass is 535 g/mol. The minimum atomic E-state index is -0.0588. The SMILES string of the molecule is COc1cc(-c2nc(CSc3nc4ccccc4c(=O)n3Cc3cccs3)c(C)o2)cc(OC)c1OC. The highest BCUT2D eigenvalue weighted by molar-refractivity contribution is 7.98. The molecule has 0 unspecified atom stereocenters. The van der Waals surface area contributed by atoms with Crippen molar-refractivity contribution in [2.75, 3.05) is 21.3 Å². The minimum Gasteiger partial charge on any atom is -0.493 e. The number of hydrogen-bond acceptors (Lipinski definition) is 9. The normalized spacial score (nSPS) is 11.1. The summed E-state index contributed by atoms with van der Waals surface area (Å²) in [5, 5.41) is 3.24. The lowest BCUT2D eigenvalue weighted by atomic mass is 10.2. The zero-order chi connectivity index (χ0) is 25.9. The van der Waals surface area contributed by atoms with Crippen molar-refractivity contribution >= 4 is 34.0 Å². The van der Waals surface area contributed by atoms with Gasteiger partial charge in [-0.05, 0) is 42.6 Å². The third kappa shape index (κ3) is 4.94. The Morgan fingerprint density at radius 2 is 1.76 bits per heavy atom. The second-order valence-electron chi connectivity index (χ2n) is 8.11. The average molecular weight is 536 g/mol. The number of para-hydroxylation sites is 1. The van der Waals surface area contributed by atoms with E-state index in [-0.39, 0.29) is 5.56 Å². The Labute approximate surface area is 221 Å². The van der Waals surface area contributed by atoms with Crippen molar-refractivity contribution in [1.29, 1.82) is 0 Å². The van der Waals surface area contributed by atoms with Gasteiger partial charge in [-0.2, -0.15) is 0 Å². The molecule has 5 rings (SSSR count). The van der Waals surface area contributed by atoms with Crippen LogP contribution in [0.3, 0.4) is 0 Å². The van der Waals surface area contributed by atoms with E-state index in [2.05, 4.69) is 0 Å². The number of hydrogen-bond donors (Lipinski definition) is 0. The van der Waals surface area contributed by atoms with Crippen molar-refractivity contribution < 1.29 is 18.6 Å². The summed E-state index contributed by atoms with van der Waals surface area (Å²) in [6.07, 6.45) is 0. The molecular weight excluding hydrogens is 510 g/mol. The summed E-state index contributed by atoms with van der Waals surface area (Å²) >= 11 is 3.07. The molecule has 0 aliphatic rings. The van der Waals surface area contributed by atoms with Crippen LogP contribution in [-0.4, -0.2) is 35.9 Å². The lowest BCUT2D eigenvalue weighted by Crippen LogP contribution is -2.23. The van der Waals surface area contributed by atoms with Crippen molar-refractivity contribution in [2.24, 2.45) is 0 Å². The van der Waals surface area contributed by atoms with Crippen LogP contribution in [0.1, 0.15) is 16.3 Å². The number of thiophene rings is 1. The van der Waals surface area contributed by atoms with Crippen molar-refractivity contribution in [3.63, 3.8) is 0 Å². The number of benzene rings is 2. The number of thioether (sulfide) groups is 1. The van der Waals surface area contributed by atoms with Gasteiger partial charge >= 0.3 is 0 Å². The van der Waals surface area contributed by atoms with Gasteiger partial charge in [0.15, 0.2) is 16.7 Å². The van der Waals surface area contributed by atoms with Crippen LogP contribution in [0.25, 0.3) is 22.4 Å². The third-order valence-electron chi connectivity index (χ3n) is 5.86. The van der Waals surface area contributed by atoms with Gasteiger partial charge in [-0.1, -0.05) is 30.0 Å². The predicted molar refractivity (Wildman–Crippen MR) is 145 cm³/mol. The van der Waals surface area contributed by atoms with Gasteiger partial charge in [-0.25, -0.2) is 9.97 Å². The van der Waals surface area contributed by atoms with Gasteiger partial charge < -0.3 is 18.6 Å². The first-order valence-corrected chi connectivity index (χ1v) is 13.3. The topological polar surface area (TPSA) is 88.6 Å². The molecule has 0 fully saturated rings. The van der Waals surface area contributed by atoms with Gasteiger partial charge in [-0.3, -0.25) is 9.36 Å². The molecule has 0 spiro atoms. The molecule has 0 saturated heterocycles. The number of rotatable bonds is 9. The Kier molecular flexibility index (Phi) is 7.20. The van der Waals surface area contributed by atoms with Gasteiger partial charge in [0.2, 0.25) is 11.6 Å². The quantitative estimate of drug-likeness (QED) is 0.173. The second kappa shape index (κ2) is 10.7. The summed E-state index contributed by atoms with van der Waals surface area (Å²) in [5.74, 6) is 3.13. The Hall–Kier alpha value is -3.76. The van der Waals surface area contributed by atoms with Crippen LogP contribution in [-0.2, 0) is 12.3 Å². The fourth-order valence-electron chi connectivity index (χ4n) is 3.98. The number of nitrogens with zero attached hydrogens (tertiary/aromatic N) is 3. The summed E-state index contributed by atoms with van der Waals surface area (Å²) in [7, 11) is 4.69. The first kappa shape index (κ1) is 24.9. The molecule has 0 saturated carbocycles. The molecule has 2 aromatic carbocycles. The van der Waals surface area contributed by atoms with E-state index in [1.165, 1.54) is 11.8 Å². The molecule has 0 radical (unpaired) electrons. The third-order valence-corrected chi connectivity index (χ3v) is 7.71. The molecule has 0 bridgehead atoms. The van der Waals surface area contributed by atoms with Gasteiger partial charge in [0.25, 0.3) is 5.56 Å². The van der Waals surface area contributed by atoms with Gasteiger partial charge in [0.1, 0.15) is 5.76 Å². The maximum Gasteiger partial charge on any atom is 0.262 e.